The molecule has 2 rings (SSSR count). The number of hydrogen-bond acceptors (Lipinski definition) is 6. The summed E-state index contributed by atoms with van der Waals surface area (Å²) in [5.41, 5.74) is 0. The summed E-state index contributed by atoms with van der Waals surface area (Å²) in [7, 11) is 0. The minimum Gasteiger partial charge on any atom is -0.339 e. The quantitative estimate of drug-likeness (QED) is 0.824. The van der Waals surface area contributed by atoms with E-state index in [1.54, 1.807) is 0 Å². The van der Waals surface area contributed by atoms with Crippen LogP contribution in [0.25, 0.3) is 0 Å². The van der Waals surface area contributed by atoms with E-state index >= 15 is 0 Å². The molecule has 0 saturated carbocycles. The minimum atomic E-state index is 0.140. The maximum atomic E-state index is 11.2. The molecule has 0 spiro atoms. The predicted octanol–water partition coefficient (Wildman–Crippen LogP) is 2.11. The molecule has 0 radical (unpaired) electrons. The molecule has 1 aliphatic heterocycles. The lowest BCUT2D eigenvalue weighted by Gasteiger charge is -2.16. The van der Waals surface area contributed by atoms with Crippen molar-refractivity contribution in [2.45, 2.75) is 25.0 Å². The maximum Gasteiger partial charge on any atom is 0.234 e. The van der Waals surface area contributed by atoms with Crippen molar-refractivity contribution in [3.8, 4) is 0 Å². The van der Waals surface area contributed by atoms with E-state index < -0.39 is 0 Å². The van der Waals surface area contributed by atoms with Crippen molar-refractivity contribution < 1.29 is 9.32 Å². The Kier molecular flexibility index (Phi) is 4.29. The van der Waals surface area contributed by atoms with E-state index in [1.165, 1.54) is 5.75 Å². The van der Waals surface area contributed by atoms with Gasteiger partial charge in [-0.15, -0.1) is 11.8 Å². The van der Waals surface area contributed by atoms with Gasteiger partial charge in [0, 0.05) is 23.7 Å². The van der Waals surface area contributed by atoms with Crippen LogP contribution < -0.4 is 0 Å². The summed E-state index contributed by atoms with van der Waals surface area (Å²) >= 11 is 3.78. The SMILES string of the molecule is CCC(=O)Cc1nc(C2CSCCS2)no1. The van der Waals surface area contributed by atoms with Gasteiger partial charge in [-0.25, -0.2) is 0 Å². The third-order valence-electron chi connectivity index (χ3n) is 2.33. The van der Waals surface area contributed by atoms with E-state index in [1.807, 2.05) is 30.4 Å². The average molecular weight is 258 g/mol. The average Bonchev–Trinajstić information content (AvgIpc) is 2.78. The summed E-state index contributed by atoms with van der Waals surface area (Å²) in [6.07, 6.45) is 0.791. The summed E-state index contributed by atoms with van der Waals surface area (Å²) < 4.78 is 5.09. The highest BCUT2D eigenvalue weighted by molar-refractivity contribution is 8.06. The molecule has 0 aliphatic carbocycles. The van der Waals surface area contributed by atoms with Crippen LogP contribution >= 0.6 is 23.5 Å². The number of carbonyl (C=O) groups is 1. The first-order valence-electron chi connectivity index (χ1n) is 5.33. The first-order chi connectivity index (χ1) is 7.79. The van der Waals surface area contributed by atoms with Crippen molar-refractivity contribution in [3.63, 3.8) is 0 Å². The Morgan fingerprint density at radius 1 is 1.56 bits per heavy atom. The van der Waals surface area contributed by atoms with Crippen molar-refractivity contribution in [2.75, 3.05) is 17.3 Å². The van der Waals surface area contributed by atoms with E-state index in [9.17, 15) is 4.79 Å². The summed E-state index contributed by atoms with van der Waals surface area (Å²) in [5.74, 6) is 4.70. The summed E-state index contributed by atoms with van der Waals surface area (Å²) in [4.78, 5) is 15.5. The van der Waals surface area contributed by atoms with Crippen molar-refractivity contribution in [3.05, 3.63) is 11.7 Å². The Balaban J connectivity index is 1.98. The number of carbonyl (C=O) groups excluding carboxylic acids is 1. The van der Waals surface area contributed by atoms with Crippen LogP contribution in [0.2, 0.25) is 0 Å². The van der Waals surface area contributed by atoms with Gasteiger partial charge in [-0.2, -0.15) is 16.7 Å². The van der Waals surface area contributed by atoms with Crippen LogP contribution in [0.5, 0.6) is 0 Å². The fourth-order valence-electron chi connectivity index (χ4n) is 1.40. The van der Waals surface area contributed by atoms with E-state index in [2.05, 4.69) is 10.1 Å². The zero-order valence-electron chi connectivity index (χ0n) is 9.14. The molecule has 16 heavy (non-hydrogen) atoms. The predicted molar refractivity (Wildman–Crippen MR) is 65.8 cm³/mol. The first kappa shape index (κ1) is 12.0. The maximum absolute atomic E-state index is 11.2. The molecular formula is C10H14N2O2S2. The van der Waals surface area contributed by atoms with E-state index in [0.29, 0.717) is 17.6 Å². The van der Waals surface area contributed by atoms with Crippen molar-refractivity contribution in [1.82, 2.24) is 10.1 Å². The molecule has 1 aromatic heterocycles. The van der Waals surface area contributed by atoms with E-state index in [4.69, 9.17) is 4.52 Å². The van der Waals surface area contributed by atoms with Gasteiger partial charge in [-0.05, 0) is 0 Å². The second kappa shape index (κ2) is 5.72. The van der Waals surface area contributed by atoms with Crippen molar-refractivity contribution in [2.24, 2.45) is 0 Å². The van der Waals surface area contributed by atoms with Gasteiger partial charge in [0.05, 0.1) is 11.7 Å². The number of hydrogen-bond donors (Lipinski definition) is 0. The molecule has 4 nitrogen and oxygen atoms in total. The molecule has 1 aliphatic rings. The first-order valence-corrected chi connectivity index (χ1v) is 7.53. The number of ketones is 1. The van der Waals surface area contributed by atoms with Gasteiger partial charge < -0.3 is 4.52 Å². The van der Waals surface area contributed by atoms with Crippen LogP contribution in [0.3, 0.4) is 0 Å². The Labute approximate surface area is 103 Å². The summed E-state index contributed by atoms with van der Waals surface area (Å²) in [5, 5.41) is 4.28. The van der Waals surface area contributed by atoms with Crippen LogP contribution in [0, 0.1) is 0 Å². The zero-order valence-corrected chi connectivity index (χ0v) is 10.8. The third kappa shape index (κ3) is 3.01. The van der Waals surface area contributed by atoms with Gasteiger partial charge in [0.25, 0.3) is 0 Å². The second-order valence-corrected chi connectivity index (χ2v) is 6.01. The largest absolute Gasteiger partial charge is 0.339 e. The molecule has 1 aromatic rings. The zero-order chi connectivity index (χ0) is 11.4. The van der Waals surface area contributed by atoms with Gasteiger partial charge >= 0.3 is 0 Å². The fraction of sp³-hybridized carbons (Fsp3) is 0.700. The second-order valence-electron chi connectivity index (χ2n) is 3.55. The van der Waals surface area contributed by atoms with Gasteiger partial charge in [-0.3, -0.25) is 4.79 Å². The van der Waals surface area contributed by atoms with E-state index in [-0.39, 0.29) is 12.2 Å². The van der Waals surface area contributed by atoms with Crippen LogP contribution in [0.4, 0.5) is 0 Å². The molecule has 0 bridgehead atoms. The number of aromatic nitrogens is 2. The monoisotopic (exact) mass is 258 g/mol. The molecule has 0 N–H and O–H groups in total. The molecule has 0 aromatic carbocycles. The lowest BCUT2D eigenvalue weighted by Crippen LogP contribution is -2.08. The molecular weight excluding hydrogens is 244 g/mol. The van der Waals surface area contributed by atoms with Crippen LogP contribution in [-0.2, 0) is 11.2 Å². The topological polar surface area (TPSA) is 56.0 Å². The van der Waals surface area contributed by atoms with Gasteiger partial charge in [0.15, 0.2) is 5.82 Å². The molecule has 0 amide bonds. The van der Waals surface area contributed by atoms with Gasteiger partial charge in [-0.1, -0.05) is 12.1 Å². The molecule has 1 unspecified atom stereocenters. The Hall–Kier alpha value is -0.490. The van der Waals surface area contributed by atoms with Crippen molar-refractivity contribution >= 4 is 29.3 Å². The molecule has 88 valence electrons. The van der Waals surface area contributed by atoms with Gasteiger partial charge in [0.1, 0.15) is 5.78 Å². The van der Waals surface area contributed by atoms with Crippen LogP contribution in [0.1, 0.15) is 30.3 Å². The van der Waals surface area contributed by atoms with Gasteiger partial charge in [0.2, 0.25) is 5.89 Å². The lowest BCUT2D eigenvalue weighted by molar-refractivity contribution is -0.118. The van der Waals surface area contributed by atoms with Crippen LogP contribution in [-0.4, -0.2) is 33.2 Å². The Morgan fingerprint density at radius 2 is 2.44 bits per heavy atom. The fourth-order valence-corrected chi connectivity index (χ4v) is 3.99. The molecule has 2 heterocycles. The van der Waals surface area contributed by atoms with E-state index in [0.717, 1.165) is 17.3 Å². The smallest absolute Gasteiger partial charge is 0.234 e. The lowest BCUT2D eigenvalue weighted by atomic mass is 10.2. The number of nitrogens with zero attached hydrogens (tertiary/aromatic N) is 2. The number of rotatable bonds is 4. The molecule has 1 atom stereocenters. The molecule has 1 fully saturated rings. The summed E-state index contributed by atoms with van der Waals surface area (Å²) in [6, 6.07) is 0. The van der Waals surface area contributed by atoms with Crippen molar-refractivity contribution in [1.29, 1.82) is 0 Å². The minimum absolute atomic E-state index is 0.140. The Bertz CT molecular complexity index is 361. The van der Waals surface area contributed by atoms with Crippen LogP contribution in [0.15, 0.2) is 4.52 Å². The number of thioether (sulfide) groups is 2. The third-order valence-corrected chi connectivity index (χ3v) is 5.08. The molecule has 6 heteroatoms. The highest BCUT2D eigenvalue weighted by Gasteiger charge is 2.22. The highest BCUT2D eigenvalue weighted by atomic mass is 32.2. The Morgan fingerprint density at radius 3 is 3.12 bits per heavy atom. The highest BCUT2D eigenvalue weighted by Crippen LogP contribution is 2.35. The number of Topliss-reactive ketones (excluding diaryl/α,β-unsaturated/α-hetero) is 1. The normalized spacial score (nSPS) is 20.9. The standard InChI is InChI=1S/C10H14N2O2S2/c1-2-7(13)5-9-11-10(12-14-9)8-6-15-3-4-16-8/h8H,2-6H2,1H3. The summed E-state index contributed by atoms with van der Waals surface area (Å²) in [6.45, 7) is 1.84. The molecule has 1 saturated heterocycles.